The molecule has 0 aliphatic heterocycles. The summed E-state index contributed by atoms with van der Waals surface area (Å²) in [6.07, 6.45) is 7.50. The van der Waals surface area contributed by atoms with Crippen molar-refractivity contribution in [3.05, 3.63) is 108 Å². The van der Waals surface area contributed by atoms with Crippen molar-refractivity contribution in [3.63, 3.8) is 0 Å². The van der Waals surface area contributed by atoms with Crippen molar-refractivity contribution in [2.45, 2.75) is 67.6 Å². The lowest BCUT2D eigenvalue weighted by molar-refractivity contribution is -0.111. The highest BCUT2D eigenvalue weighted by Gasteiger charge is 2.11. The smallest absolute Gasteiger partial charge is 0.193 e. The summed E-state index contributed by atoms with van der Waals surface area (Å²) < 4.78 is 54.6. The molecule has 0 heterocycles. The molecule has 0 saturated carbocycles. The Bertz CT molecular complexity index is 1540. The molecule has 0 N–H and O–H groups in total. The van der Waals surface area contributed by atoms with E-state index in [1.165, 1.54) is 42.1 Å². The number of hydrogen-bond donors (Lipinski definition) is 0. The van der Waals surface area contributed by atoms with Gasteiger partial charge in [-0.25, -0.2) is 17.6 Å². The van der Waals surface area contributed by atoms with E-state index in [1.807, 2.05) is 12.1 Å². The quantitative estimate of drug-likeness (QED) is 0.0794. The number of benzene rings is 4. The Morgan fingerprint density at radius 3 is 1.67 bits per heavy atom. The normalized spacial score (nSPS) is 11.1. The highest BCUT2D eigenvalue weighted by molar-refractivity contribution is 8.13. The first-order chi connectivity index (χ1) is 20.8. The summed E-state index contributed by atoms with van der Waals surface area (Å²) in [4.78, 5) is 26.0. The van der Waals surface area contributed by atoms with Crippen LogP contribution < -0.4 is 0 Å². The first kappa shape index (κ1) is 32.6. The van der Waals surface area contributed by atoms with Crippen LogP contribution >= 0.6 is 23.5 Å². The van der Waals surface area contributed by atoms with E-state index in [2.05, 4.69) is 0 Å². The third kappa shape index (κ3) is 10.4. The Labute approximate surface area is 258 Å². The molecule has 0 spiro atoms. The summed E-state index contributed by atoms with van der Waals surface area (Å²) in [5, 5.41) is 0.0907. The van der Waals surface area contributed by atoms with Gasteiger partial charge in [0.1, 0.15) is 11.6 Å². The standard InChI is InChI=1S/C35H32F4O2S2/c36-27-10-8-9-26(21-27)30-19-18-29(23-32(30)38)43-35(41)12-7-5-3-1-2-4-6-11-34(40)42-28-16-13-24(14-17-28)25-15-20-31(37)33(39)22-25/h8-10,13-23H,1-7,11-12H2. The summed E-state index contributed by atoms with van der Waals surface area (Å²) in [5.41, 5.74) is 2.09. The van der Waals surface area contributed by atoms with E-state index in [4.69, 9.17) is 0 Å². The predicted octanol–water partition coefficient (Wildman–Crippen LogP) is 11.0. The van der Waals surface area contributed by atoms with Crippen LogP contribution in [0, 0.1) is 23.3 Å². The van der Waals surface area contributed by atoms with Gasteiger partial charge in [-0.2, -0.15) is 0 Å². The lowest BCUT2D eigenvalue weighted by Crippen LogP contribution is -1.93. The second-order valence-electron chi connectivity index (χ2n) is 10.2. The largest absolute Gasteiger partial charge is 0.287 e. The molecule has 0 amide bonds. The van der Waals surface area contributed by atoms with Gasteiger partial charge in [-0.15, -0.1) is 0 Å². The maximum atomic E-state index is 14.5. The zero-order valence-corrected chi connectivity index (χ0v) is 25.2. The molecule has 0 atom stereocenters. The SMILES string of the molecule is O=C(CCCCCCCCCC(=O)Sc1ccc(-c2cccc(F)c2)c(F)c1)Sc1ccc(-c2ccc(F)c(F)c2)cc1. The van der Waals surface area contributed by atoms with E-state index in [0.29, 0.717) is 34.4 Å². The van der Waals surface area contributed by atoms with Crippen LogP contribution in [-0.4, -0.2) is 10.2 Å². The molecule has 4 aromatic carbocycles. The van der Waals surface area contributed by atoms with Crippen LogP contribution in [0.5, 0.6) is 0 Å². The van der Waals surface area contributed by atoms with Crippen LogP contribution in [0.2, 0.25) is 0 Å². The fourth-order valence-corrected chi connectivity index (χ4v) is 6.22. The van der Waals surface area contributed by atoms with Crippen molar-refractivity contribution in [1.82, 2.24) is 0 Å². The molecule has 0 aliphatic rings. The zero-order chi connectivity index (χ0) is 30.6. The van der Waals surface area contributed by atoms with Gasteiger partial charge in [0.25, 0.3) is 0 Å². The van der Waals surface area contributed by atoms with Gasteiger partial charge in [-0.3, -0.25) is 9.59 Å². The number of thioether (sulfide) groups is 2. The van der Waals surface area contributed by atoms with Crippen LogP contribution in [-0.2, 0) is 9.59 Å². The molecule has 43 heavy (non-hydrogen) atoms. The van der Waals surface area contributed by atoms with Crippen LogP contribution in [0.25, 0.3) is 22.3 Å². The fourth-order valence-electron chi connectivity index (χ4n) is 4.63. The molecule has 0 unspecified atom stereocenters. The van der Waals surface area contributed by atoms with Crippen molar-refractivity contribution >= 4 is 33.8 Å². The Hall–Kier alpha value is -3.36. The van der Waals surface area contributed by atoms with Crippen molar-refractivity contribution in [2.24, 2.45) is 0 Å². The number of hydrogen-bond acceptors (Lipinski definition) is 4. The summed E-state index contributed by atoms with van der Waals surface area (Å²) in [6, 6.07) is 21.3. The van der Waals surface area contributed by atoms with Crippen molar-refractivity contribution in [3.8, 4) is 22.3 Å². The summed E-state index contributed by atoms with van der Waals surface area (Å²) in [6.45, 7) is 0. The summed E-state index contributed by atoms with van der Waals surface area (Å²) >= 11 is 2.22. The van der Waals surface area contributed by atoms with E-state index in [1.54, 1.807) is 30.3 Å². The molecule has 0 saturated heterocycles. The number of carbonyl (C=O) groups excluding carboxylic acids is 2. The minimum Gasteiger partial charge on any atom is -0.287 e. The molecule has 0 aliphatic carbocycles. The first-order valence-electron chi connectivity index (χ1n) is 14.3. The summed E-state index contributed by atoms with van der Waals surface area (Å²) in [7, 11) is 0. The topological polar surface area (TPSA) is 34.1 Å². The van der Waals surface area contributed by atoms with Crippen LogP contribution in [0.4, 0.5) is 17.6 Å². The molecule has 0 bridgehead atoms. The van der Waals surface area contributed by atoms with E-state index in [0.717, 1.165) is 79.3 Å². The van der Waals surface area contributed by atoms with Gasteiger partial charge >= 0.3 is 0 Å². The maximum Gasteiger partial charge on any atom is 0.193 e. The van der Waals surface area contributed by atoms with Crippen molar-refractivity contribution in [2.75, 3.05) is 0 Å². The van der Waals surface area contributed by atoms with Crippen LogP contribution in [0.15, 0.2) is 94.7 Å². The summed E-state index contributed by atoms with van der Waals surface area (Å²) in [5.74, 6) is -2.69. The van der Waals surface area contributed by atoms with Crippen molar-refractivity contribution < 1.29 is 27.2 Å². The molecule has 0 fully saturated rings. The highest BCUT2D eigenvalue weighted by Crippen LogP contribution is 2.30. The van der Waals surface area contributed by atoms with Gasteiger partial charge in [0, 0.05) is 28.2 Å². The number of carbonyl (C=O) groups is 2. The van der Waals surface area contributed by atoms with Gasteiger partial charge < -0.3 is 0 Å². The fraction of sp³-hybridized carbons (Fsp3) is 0.257. The van der Waals surface area contributed by atoms with Gasteiger partial charge in [-0.05, 0) is 78.1 Å². The molecular formula is C35H32F4O2S2. The second kappa shape index (κ2) is 16.5. The van der Waals surface area contributed by atoms with E-state index >= 15 is 0 Å². The molecule has 8 heteroatoms. The Morgan fingerprint density at radius 2 is 1.07 bits per heavy atom. The Balaban J connectivity index is 1.04. The third-order valence-electron chi connectivity index (χ3n) is 6.91. The average Bonchev–Trinajstić information content (AvgIpc) is 2.98. The Kier molecular flexibility index (Phi) is 12.5. The maximum absolute atomic E-state index is 14.5. The van der Waals surface area contributed by atoms with Crippen molar-refractivity contribution in [1.29, 1.82) is 0 Å². The van der Waals surface area contributed by atoms with E-state index in [-0.39, 0.29) is 10.2 Å². The predicted molar refractivity (Wildman–Crippen MR) is 167 cm³/mol. The molecule has 224 valence electrons. The molecule has 4 aromatic rings. The van der Waals surface area contributed by atoms with Gasteiger partial charge in [-0.1, -0.05) is 92.0 Å². The second-order valence-corrected chi connectivity index (χ2v) is 12.5. The molecule has 4 rings (SSSR count). The monoisotopic (exact) mass is 624 g/mol. The van der Waals surface area contributed by atoms with Crippen LogP contribution in [0.1, 0.15) is 57.8 Å². The number of halogens is 4. The molecular weight excluding hydrogens is 593 g/mol. The average molecular weight is 625 g/mol. The lowest BCUT2D eigenvalue weighted by atomic mass is 10.1. The molecule has 0 aromatic heterocycles. The van der Waals surface area contributed by atoms with Gasteiger partial charge in [0.2, 0.25) is 0 Å². The molecule has 2 nitrogen and oxygen atoms in total. The van der Waals surface area contributed by atoms with Gasteiger partial charge in [0.15, 0.2) is 21.9 Å². The minimum absolute atomic E-state index is 0.00656. The number of unbranched alkanes of at least 4 members (excludes halogenated alkanes) is 6. The lowest BCUT2D eigenvalue weighted by Gasteiger charge is -2.07. The zero-order valence-electron chi connectivity index (χ0n) is 23.6. The van der Waals surface area contributed by atoms with Gasteiger partial charge in [0.05, 0.1) is 0 Å². The minimum atomic E-state index is -0.891. The molecule has 0 radical (unpaired) electrons. The Morgan fingerprint density at radius 1 is 0.488 bits per heavy atom. The van der Waals surface area contributed by atoms with E-state index < -0.39 is 23.3 Å². The highest BCUT2D eigenvalue weighted by atomic mass is 32.2. The van der Waals surface area contributed by atoms with E-state index in [9.17, 15) is 27.2 Å². The number of rotatable bonds is 14. The third-order valence-corrected chi connectivity index (χ3v) is 8.77. The van der Waals surface area contributed by atoms with Crippen LogP contribution in [0.3, 0.4) is 0 Å². The first-order valence-corrected chi connectivity index (χ1v) is 15.9.